The molecule has 0 unspecified atom stereocenters. The zero-order valence-electron chi connectivity index (χ0n) is 13.7. The molecule has 0 aromatic heterocycles. The molecule has 0 aliphatic carbocycles. The minimum atomic E-state index is -0.438. The summed E-state index contributed by atoms with van der Waals surface area (Å²) in [5.74, 6) is 1.31. The molecule has 1 aromatic rings. The summed E-state index contributed by atoms with van der Waals surface area (Å²) in [6, 6.07) is 7.43. The van der Waals surface area contributed by atoms with Gasteiger partial charge in [-0.1, -0.05) is 0 Å². The van der Waals surface area contributed by atoms with Crippen molar-refractivity contribution in [3.05, 3.63) is 24.3 Å². The van der Waals surface area contributed by atoms with Crippen LogP contribution in [0.2, 0.25) is 0 Å². The third-order valence-corrected chi connectivity index (χ3v) is 3.63. The molecule has 0 spiro atoms. The largest absolute Gasteiger partial charge is 0.493 e. The molecule has 5 nitrogen and oxygen atoms in total. The van der Waals surface area contributed by atoms with Gasteiger partial charge in [0.25, 0.3) is 0 Å². The van der Waals surface area contributed by atoms with Crippen LogP contribution in [-0.2, 0) is 4.74 Å². The van der Waals surface area contributed by atoms with Gasteiger partial charge in [0.05, 0.1) is 6.61 Å². The van der Waals surface area contributed by atoms with Crippen LogP contribution in [0.5, 0.6) is 5.75 Å². The highest BCUT2D eigenvalue weighted by atomic mass is 16.6. The van der Waals surface area contributed by atoms with E-state index >= 15 is 0 Å². The van der Waals surface area contributed by atoms with Crippen molar-refractivity contribution in [2.24, 2.45) is 5.92 Å². The molecule has 0 saturated carbocycles. The maximum atomic E-state index is 12.0. The monoisotopic (exact) mass is 306 g/mol. The standard InChI is InChI=1S/C17H26N2O3/c1-17(2,3)22-16(20)19-10-8-13(9-11-19)12-21-15-6-4-14(18)5-7-15/h4-7,13H,8-12,18H2,1-3H3. The molecule has 1 aliphatic rings. The average molecular weight is 306 g/mol. The number of piperidine rings is 1. The maximum Gasteiger partial charge on any atom is 0.410 e. The van der Waals surface area contributed by atoms with E-state index in [-0.39, 0.29) is 6.09 Å². The number of amides is 1. The number of ether oxygens (including phenoxy) is 2. The summed E-state index contributed by atoms with van der Waals surface area (Å²) < 4.78 is 11.2. The zero-order chi connectivity index (χ0) is 16.2. The zero-order valence-corrected chi connectivity index (χ0v) is 13.7. The Bertz CT molecular complexity index is 486. The van der Waals surface area contributed by atoms with Gasteiger partial charge in [-0.3, -0.25) is 0 Å². The molecule has 5 heteroatoms. The first kappa shape index (κ1) is 16.5. The first-order valence-corrected chi connectivity index (χ1v) is 7.80. The first-order valence-electron chi connectivity index (χ1n) is 7.80. The van der Waals surface area contributed by atoms with E-state index < -0.39 is 5.60 Å². The lowest BCUT2D eigenvalue weighted by Crippen LogP contribution is -2.42. The summed E-state index contributed by atoms with van der Waals surface area (Å²) in [7, 11) is 0. The lowest BCUT2D eigenvalue weighted by atomic mass is 9.98. The van der Waals surface area contributed by atoms with Crippen LogP contribution in [0, 0.1) is 5.92 Å². The van der Waals surface area contributed by atoms with Crippen molar-refractivity contribution in [1.82, 2.24) is 4.90 Å². The molecular formula is C17H26N2O3. The van der Waals surface area contributed by atoms with E-state index in [1.54, 1.807) is 4.90 Å². The number of likely N-dealkylation sites (tertiary alicyclic amines) is 1. The number of hydrogen-bond donors (Lipinski definition) is 1. The number of hydrogen-bond acceptors (Lipinski definition) is 4. The number of carbonyl (C=O) groups is 1. The molecule has 1 aliphatic heterocycles. The Kier molecular flexibility index (Phi) is 5.16. The van der Waals surface area contributed by atoms with E-state index in [1.165, 1.54) is 0 Å². The fourth-order valence-electron chi connectivity index (χ4n) is 2.39. The predicted molar refractivity (Wildman–Crippen MR) is 86.9 cm³/mol. The SMILES string of the molecule is CC(C)(C)OC(=O)N1CCC(COc2ccc(N)cc2)CC1. The third-order valence-electron chi connectivity index (χ3n) is 3.63. The van der Waals surface area contributed by atoms with Crippen molar-refractivity contribution in [2.45, 2.75) is 39.2 Å². The lowest BCUT2D eigenvalue weighted by molar-refractivity contribution is 0.0165. The topological polar surface area (TPSA) is 64.8 Å². The highest BCUT2D eigenvalue weighted by molar-refractivity contribution is 5.68. The Morgan fingerprint density at radius 1 is 1.23 bits per heavy atom. The highest BCUT2D eigenvalue weighted by Gasteiger charge is 2.27. The second kappa shape index (κ2) is 6.90. The fourth-order valence-corrected chi connectivity index (χ4v) is 2.39. The first-order chi connectivity index (χ1) is 10.3. The summed E-state index contributed by atoms with van der Waals surface area (Å²) >= 11 is 0. The van der Waals surface area contributed by atoms with Crippen LogP contribution in [0.15, 0.2) is 24.3 Å². The van der Waals surface area contributed by atoms with Crippen LogP contribution >= 0.6 is 0 Å². The normalized spacial score (nSPS) is 16.4. The quantitative estimate of drug-likeness (QED) is 0.870. The van der Waals surface area contributed by atoms with Crippen molar-refractivity contribution in [2.75, 3.05) is 25.4 Å². The minimum absolute atomic E-state index is 0.217. The number of nitrogens with two attached hydrogens (primary N) is 1. The van der Waals surface area contributed by atoms with Gasteiger partial charge < -0.3 is 20.1 Å². The lowest BCUT2D eigenvalue weighted by Gasteiger charge is -2.33. The molecule has 0 bridgehead atoms. The van der Waals surface area contributed by atoms with E-state index in [1.807, 2.05) is 45.0 Å². The van der Waals surface area contributed by atoms with Crippen LogP contribution < -0.4 is 10.5 Å². The molecule has 22 heavy (non-hydrogen) atoms. The van der Waals surface area contributed by atoms with Crippen LogP contribution in [0.3, 0.4) is 0 Å². The molecule has 1 heterocycles. The number of nitrogen functional groups attached to an aromatic ring is 1. The molecule has 2 rings (SSSR count). The second-order valence-corrected chi connectivity index (χ2v) is 6.79. The molecule has 1 saturated heterocycles. The molecule has 2 N–H and O–H groups in total. The average Bonchev–Trinajstić information content (AvgIpc) is 2.45. The molecule has 1 amide bonds. The van der Waals surface area contributed by atoms with Gasteiger partial charge in [-0.2, -0.15) is 0 Å². The summed E-state index contributed by atoms with van der Waals surface area (Å²) in [5.41, 5.74) is 5.94. The summed E-state index contributed by atoms with van der Waals surface area (Å²) in [6.07, 6.45) is 1.66. The fraction of sp³-hybridized carbons (Fsp3) is 0.588. The van der Waals surface area contributed by atoms with E-state index in [4.69, 9.17) is 15.2 Å². The molecule has 1 fully saturated rings. The predicted octanol–water partition coefficient (Wildman–Crippen LogP) is 3.29. The van der Waals surface area contributed by atoms with Gasteiger partial charge in [-0.05, 0) is 63.8 Å². The van der Waals surface area contributed by atoms with Crippen molar-refractivity contribution >= 4 is 11.8 Å². The van der Waals surface area contributed by atoms with E-state index in [0.717, 1.165) is 37.4 Å². The Balaban J connectivity index is 1.73. The Labute approximate surface area is 132 Å². The van der Waals surface area contributed by atoms with Crippen molar-refractivity contribution < 1.29 is 14.3 Å². The molecule has 0 radical (unpaired) electrons. The number of carbonyl (C=O) groups excluding carboxylic acids is 1. The third kappa shape index (κ3) is 5.13. The highest BCUT2D eigenvalue weighted by Crippen LogP contribution is 2.21. The van der Waals surface area contributed by atoms with Gasteiger partial charge in [0.15, 0.2) is 0 Å². The van der Waals surface area contributed by atoms with E-state index in [9.17, 15) is 4.79 Å². The molecule has 122 valence electrons. The summed E-state index contributed by atoms with van der Waals surface area (Å²) in [6.45, 7) is 7.79. The van der Waals surface area contributed by atoms with Gasteiger partial charge >= 0.3 is 6.09 Å². The minimum Gasteiger partial charge on any atom is -0.493 e. The van der Waals surface area contributed by atoms with Gasteiger partial charge in [0.1, 0.15) is 11.4 Å². The van der Waals surface area contributed by atoms with E-state index in [0.29, 0.717) is 12.5 Å². The van der Waals surface area contributed by atoms with Gasteiger partial charge in [-0.15, -0.1) is 0 Å². The van der Waals surface area contributed by atoms with Crippen LogP contribution in [0.4, 0.5) is 10.5 Å². The van der Waals surface area contributed by atoms with Crippen molar-refractivity contribution in [3.63, 3.8) is 0 Å². The van der Waals surface area contributed by atoms with Crippen LogP contribution in [0.1, 0.15) is 33.6 Å². The van der Waals surface area contributed by atoms with Gasteiger partial charge in [0, 0.05) is 18.8 Å². The maximum absolute atomic E-state index is 12.0. The number of benzene rings is 1. The number of rotatable bonds is 3. The summed E-state index contributed by atoms with van der Waals surface area (Å²) in [5, 5.41) is 0. The molecule has 0 atom stereocenters. The number of nitrogens with zero attached hydrogens (tertiary/aromatic N) is 1. The second-order valence-electron chi connectivity index (χ2n) is 6.79. The Hall–Kier alpha value is -1.91. The van der Waals surface area contributed by atoms with E-state index in [2.05, 4.69) is 0 Å². The Morgan fingerprint density at radius 3 is 2.36 bits per heavy atom. The number of anilines is 1. The molecule has 1 aromatic carbocycles. The Morgan fingerprint density at radius 2 is 1.82 bits per heavy atom. The van der Waals surface area contributed by atoms with Crippen LogP contribution in [0.25, 0.3) is 0 Å². The molecular weight excluding hydrogens is 280 g/mol. The van der Waals surface area contributed by atoms with Gasteiger partial charge in [0.2, 0.25) is 0 Å². The van der Waals surface area contributed by atoms with Crippen molar-refractivity contribution in [1.29, 1.82) is 0 Å². The smallest absolute Gasteiger partial charge is 0.410 e. The summed E-state index contributed by atoms with van der Waals surface area (Å²) in [4.78, 5) is 13.8. The van der Waals surface area contributed by atoms with Crippen LogP contribution in [-0.4, -0.2) is 36.3 Å². The van der Waals surface area contributed by atoms with Crippen molar-refractivity contribution in [3.8, 4) is 5.75 Å². The van der Waals surface area contributed by atoms with Gasteiger partial charge in [-0.25, -0.2) is 4.79 Å².